The summed E-state index contributed by atoms with van der Waals surface area (Å²) in [5.41, 5.74) is 17.8. The number of rotatable bonds is 5. The first-order valence-corrected chi connectivity index (χ1v) is 8.73. The molecule has 0 unspecified atom stereocenters. The third-order valence-corrected chi connectivity index (χ3v) is 4.53. The molecule has 28 heavy (non-hydrogen) atoms. The van der Waals surface area contributed by atoms with Crippen LogP contribution < -0.4 is 17.2 Å². The van der Waals surface area contributed by atoms with Crippen molar-refractivity contribution in [3.8, 4) is 0 Å². The number of nitrogens with two attached hydrogens (primary N) is 3. The van der Waals surface area contributed by atoms with Gasteiger partial charge in [0.05, 0.1) is 12.4 Å². The molecule has 0 radical (unpaired) electrons. The summed E-state index contributed by atoms with van der Waals surface area (Å²) in [5, 5.41) is 10.4. The van der Waals surface area contributed by atoms with Crippen molar-refractivity contribution in [3.05, 3.63) is 12.7 Å². The Balaban J connectivity index is 1.65. The fraction of sp³-hybridized carbons (Fsp3) is 0.500. The van der Waals surface area contributed by atoms with Crippen molar-refractivity contribution in [1.29, 1.82) is 0 Å². The normalized spacial score (nSPS) is 25.6. The van der Waals surface area contributed by atoms with Crippen molar-refractivity contribution >= 4 is 41.7 Å². The van der Waals surface area contributed by atoms with Crippen molar-refractivity contribution in [1.82, 2.24) is 19.5 Å². The van der Waals surface area contributed by atoms with Crippen LogP contribution in [0.5, 0.6) is 0 Å². The molecule has 0 amide bonds. The van der Waals surface area contributed by atoms with Gasteiger partial charge in [-0.3, -0.25) is 4.57 Å². The molecule has 13 nitrogen and oxygen atoms in total. The first-order valence-electron chi connectivity index (χ1n) is 8.10. The number of nitrogen functional groups attached to an aromatic ring is 1. The van der Waals surface area contributed by atoms with E-state index in [2.05, 4.69) is 32.3 Å². The highest BCUT2D eigenvalue weighted by Crippen LogP contribution is 2.31. The van der Waals surface area contributed by atoms with Gasteiger partial charge in [-0.1, -0.05) is 0 Å². The highest BCUT2D eigenvalue weighted by Gasteiger charge is 2.44. The first kappa shape index (κ1) is 20.2. The maximum absolute atomic E-state index is 11.6. The maximum atomic E-state index is 11.6. The van der Waals surface area contributed by atoms with E-state index in [9.17, 15) is 14.7 Å². The number of anilines is 1. The molecule has 0 saturated carbocycles. The summed E-state index contributed by atoms with van der Waals surface area (Å²) >= 11 is 3.83. The molecule has 3 rings (SSSR count). The van der Waals surface area contributed by atoms with Crippen molar-refractivity contribution in [2.24, 2.45) is 11.5 Å². The van der Waals surface area contributed by atoms with Gasteiger partial charge in [-0.25, -0.2) is 24.5 Å². The van der Waals surface area contributed by atoms with E-state index in [1.54, 1.807) is 0 Å². The van der Waals surface area contributed by atoms with Gasteiger partial charge in [-0.15, -0.1) is 0 Å². The minimum Gasteiger partial charge on any atom is -0.431 e. The van der Waals surface area contributed by atoms with Crippen molar-refractivity contribution in [2.75, 3.05) is 18.1 Å². The van der Waals surface area contributed by atoms with E-state index in [-0.39, 0.29) is 18.2 Å². The molecule has 3 heterocycles. The van der Waals surface area contributed by atoms with E-state index < -0.39 is 42.6 Å². The van der Waals surface area contributed by atoms with Crippen LogP contribution in [0.25, 0.3) is 11.2 Å². The van der Waals surface area contributed by atoms with Crippen LogP contribution in [0.15, 0.2) is 12.7 Å². The lowest BCUT2D eigenvalue weighted by molar-refractivity contribution is -0.141. The fourth-order valence-corrected chi connectivity index (χ4v) is 2.76. The molecule has 14 heteroatoms. The summed E-state index contributed by atoms with van der Waals surface area (Å²) in [6.45, 7) is -0.360. The minimum absolute atomic E-state index is 0.00350. The van der Waals surface area contributed by atoms with Crippen LogP contribution in [0.2, 0.25) is 0 Å². The summed E-state index contributed by atoms with van der Waals surface area (Å²) in [5.74, 6) is -0.798. The molecular weight excluding hydrogens is 394 g/mol. The van der Waals surface area contributed by atoms with E-state index in [0.29, 0.717) is 11.2 Å². The number of nitrogens with zero attached hydrogens (tertiary/aromatic N) is 4. The van der Waals surface area contributed by atoms with Crippen molar-refractivity contribution < 1.29 is 28.9 Å². The number of imidazole rings is 1. The van der Waals surface area contributed by atoms with Crippen molar-refractivity contribution in [2.45, 2.75) is 30.5 Å². The van der Waals surface area contributed by atoms with Crippen LogP contribution in [-0.2, 0) is 19.0 Å². The van der Waals surface area contributed by atoms with Gasteiger partial charge in [0.15, 0.2) is 17.7 Å². The molecule has 0 aliphatic carbocycles. The molecular formula is C14H19N7O6S. The molecule has 152 valence electrons. The Morgan fingerprint density at radius 2 is 2.14 bits per heavy atom. The zero-order valence-electron chi connectivity index (χ0n) is 14.4. The number of carbonyl (C=O) groups excluding carboxylic acids is 2. The lowest BCUT2D eigenvalue weighted by atomic mass is 10.1. The molecule has 2 aromatic rings. The number of aliphatic hydroxyl groups is 1. The molecule has 0 bridgehead atoms. The Bertz CT molecular complexity index is 879. The number of ether oxygens (including phenoxy) is 3. The number of carbonyl (C=O) groups is 2. The van der Waals surface area contributed by atoms with Crippen LogP contribution in [0.4, 0.5) is 10.6 Å². The molecule has 5 atom stereocenters. The summed E-state index contributed by atoms with van der Waals surface area (Å²) in [6, 6.07) is -1.96. The third-order valence-electron chi connectivity index (χ3n) is 4.14. The van der Waals surface area contributed by atoms with E-state index in [0.717, 1.165) is 0 Å². The monoisotopic (exact) mass is 413 g/mol. The largest absolute Gasteiger partial charge is 0.516 e. The first-order chi connectivity index (χ1) is 13.3. The number of thiol groups is 1. The number of aromatic nitrogens is 4. The van der Waals surface area contributed by atoms with Crippen LogP contribution >= 0.6 is 12.6 Å². The number of aliphatic hydroxyl groups excluding tert-OH is 1. The van der Waals surface area contributed by atoms with Gasteiger partial charge < -0.3 is 36.5 Å². The van der Waals surface area contributed by atoms with Gasteiger partial charge in [-0.05, 0) is 0 Å². The fourth-order valence-electron chi connectivity index (χ4n) is 2.61. The lowest BCUT2D eigenvalue weighted by Gasteiger charge is -2.16. The van der Waals surface area contributed by atoms with E-state index in [1.807, 2.05) is 0 Å². The average molecular weight is 413 g/mol. The highest BCUT2D eigenvalue weighted by atomic mass is 32.1. The molecule has 1 saturated heterocycles. The van der Waals surface area contributed by atoms with Crippen molar-refractivity contribution in [3.63, 3.8) is 0 Å². The quantitative estimate of drug-likeness (QED) is 0.204. The van der Waals surface area contributed by atoms with Gasteiger partial charge in [0.1, 0.15) is 36.7 Å². The zero-order chi connectivity index (χ0) is 20.4. The molecule has 7 N–H and O–H groups in total. The van der Waals surface area contributed by atoms with Crippen LogP contribution in [0.3, 0.4) is 0 Å². The molecule has 1 aliphatic heterocycles. The Hall–Kier alpha value is -2.52. The summed E-state index contributed by atoms with van der Waals surface area (Å²) < 4.78 is 16.4. The Labute approximate surface area is 163 Å². The van der Waals surface area contributed by atoms with Gasteiger partial charge >= 0.3 is 12.1 Å². The average Bonchev–Trinajstić information content (AvgIpc) is 3.22. The summed E-state index contributed by atoms with van der Waals surface area (Å²) in [4.78, 5) is 35.0. The third kappa shape index (κ3) is 3.85. The number of fused-ring (bicyclic) bond motifs is 1. The molecule has 2 aromatic heterocycles. The van der Waals surface area contributed by atoms with Gasteiger partial charge in [0.2, 0.25) is 0 Å². The Kier molecular flexibility index (Phi) is 5.95. The second-order valence-electron chi connectivity index (χ2n) is 5.99. The Morgan fingerprint density at radius 1 is 1.39 bits per heavy atom. The van der Waals surface area contributed by atoms with E-state index in [4.69, 9.17) is 26.7 Å². The van der Waals surface area contributed by atoms with Gasteiger partial charge in [0.25, 0.3) is 0 Å². The van der Waals surface area contributed by atoms with Gasteiger partial charge in [0, 0.05) is 5.75 Å². The second-order valence-corrected chi connectivity index (χ2v) is 6.35. The van der Waals surface area contributed by atoms with Crippen LogP contribution in [0.1, 0.15) is 6.23 Å². The predicted octanol–water partition coefficient (Wildman–Crippen LogP) is -2.07. The SMILES string of the molecule is Nc1ncnc2c1ncn2[C@@H]1O[C@H](COC(=O)OC(=O)[C@@H](N)CS)[C@@H](N)[C@H]1O. The Morgan fingerprint density at radius 3 is 2.86 bits per heavy atom. The minimum atomic E-state index is -1.26. The molecule has 1 aliphatic rings. The number of hydrogen-bond acceptors (Lipinski definition) is 13. The number of hydrogen-bond donors (Lipinski definition) is 5. The topological polar surface area (TPSA) is 204 Å². The summed E-state index contributed by atoms with van der Waals surface area (Å²) in [6.07, 6.45) is -1.61. The van der Waals surface area contributed by atoms with Crippen LogP contribution in [-0.4, -0.2) is 73.4 Å². The standard InChI is InChI=1S/C14H19N7O6S/c15-5(2-28)13(23)27-14(24)25-1-6-7(16)9(22)12(26-6)21-4-20-8-10(17)18-3-19-11(8)21/h3-7,9,12,22,28H,1-2,15-16H2,(H2,17,18,19)/t5-,6+,7+,9+,12+/m0/s1. The van der Waals surface area contributed by atoms with E-state index >= 15 is 0 Å². The highest BCUT2D eigenvalue weighted by molar-refractivity contribution is 7.80. The number of esters is 1. The second kappa shape index (κ2) is 8.24. The molecule has 1 fully saturated rings. The lowest BCUT2D eigenvalue weighted by Crippen LogP contribution is -2.42. The zero-order valence-corrected chi connectivity index (χ0v) is 15.3. The molecule has 0 aromatic carbocycles. The van der Waals surface area contributed by atoms with Gasteiger partial charge in [-0.2, -0.15) is 12.6 Å². The smallest absolute Gasteiger partial charge is 0.431 e. The summed E-state index contributed by atoms with van der Waals surface area (Å²) in [7, 11) is 0. The molecule has 0 spiro atoms. The van der Waals surface area contributed by atoms with E-state index in [1.165, 1.54) is 17.2 Å². The maximum Gasteiger partial charge on any atom is 0.516 e. The predicted molar refractivity (Wildman–Crippen MR) is 96.9 cm³/mol. The van der Waals surface area contributed by atoms with Crippen LogP contribution in [0, 0.1) is 0 Å².